The number of nitro benzene ring substituents is 1. The van der Waals surface area contributed by atoms with Crippen molar-refractivity contribution in [2.75, 3.05) is 6.61 Å². The number of fused-ring (bicyclic) bond motifs is 1. The molecule has 0 aliphatic carbocycles. The minimum Gasteiger partial charge on any atom is -0.484 e. The van der Waals surface area contributed by atoms with Crippen LogP contribution >= 0.6 is 32.9 Å². The fraction of sp³-hybridized carbons (Fsp3) is 0.200. The predicted octanol–water partition coefficient (Wildman–Crippen LogP) is 5.37. The number of nitro groups is 1. The molecule has 3 aromatic carbocycles. The van der Waals surface area contributed by atoms with E-state index in [1.165, 1.54) is 62.1 Å². The van der Waals surface area contributed by atoms with E-state index in [4.69, 9.17) is 9.47 Å². The second-order valence-electron chi connectivity index (χ2n) is 9.69. The lowest BCUT2D eigenvalue weighted by atomic mass is 9.99. The first-order valence-electron chi connectivity index (χ1n) is 13.2. The molecule has 1 N–H and O–H groups in total. The number of thiazole rings is 1. The van der Waals surface area contributed by atoms with Crippen molar-refractivity contribution in [2.24, 2.45) is 0 Å². The monoisotopic (exact) mass is 650 g/mol. The summed E-state index contributed by atoms with van der Waals surface area (Å²) in [4.78, 5) is 56.0. The highest BCUT2D eigenvalue weighted by molar-refractivity contribution is 8.77. The number of esters is 1. The van der Waals surface area contributed by atoms with Crippen LogP contribution in [0, 0.1) is 10.1 Å². The van der Waals surface area contributed by atoms with Gasteiger partial charge in [0.25, 0.3) is 11.6 Å². The summed E-state index contributed by atoms with van der Waals surface area (Å²) in [5.41, 5.74) is 1.68. The lowest BCUT2D eigenvalue weighted by Gasteiger charge is -2.49. The number of ether oxygens (including phenoxy) is 2. The number of hydrogen-bond acceptors (Lipinski definition) is 11. The molecule has 0 unspecified atom stereocenters. The highest BCUT2D eigenvalue weighted by Crippen LogP contribution is 2.45. The summed E-state index contributed by atoms with van der Waals surface area (Å²) >= 11 is 1.50. The summed E-state index contributed by atoms with van der Waals surface area (Å²) in [7, 11) is 2.63. The molecule has 1 fully saturated rings. The van der Waals surface area contributed by atoms with Crippen LogP contribution in [0.4, 0.5) is 5.69 Å². The molecule has 5 rings (SSSR count). The fourth-order valence-electron chi connectivity index (χ4n) is 4.35. The molecule has 1 aromatic heterocycles. The van der Waals surface area contributed by atoms with E-state index < -0.39 is 40.2 Å². The van der Waals surface area contributed by atoms with Crippen molar-refractivity contribution in [3.8, 4) is 5.75 Å². The van der Waals surface area contributed by atoms with Gasteiger partial charge >= 0.3 is 5.97 Å². The van der Waals surface area contributed by atoms with Crippen LogP contribution in [0.25, 0.3) is 10.2 Å². The minimum atomic E-state index is -1.12. The SMILES string of the molecule is C=C(C)[C@H](C(=O)OCc1ccc([N+](=O)[O-])cc1)N1C(=O)[C@@H](NC(=O)COc2ccccc2)[C@H]1SSc1nc2ccccc2s1. The summed E-state index contributed by atoms with van der Waals surface area (Å²) in [5, 5.41) is 13.0. The van der Waals surface area contributed by atoms with E-state index in [9.17, 15) is 24.5 Å². The van der Waals surface area contributed by atoms with Crippen molar-refractivity contribution in [2.45, 2.75) is 35.3 Å². The van der Waals surface area contributed by atoms with Crippen LogP contribution in [0.2, 0.25) is 0 Å². The third-order valence-electron chi connectivity index (χ3n) is 6.50. The highest BCUT2D eigenvalue weighted by atomic mass is 33.1. The van der Waals surface area contributed by atoms with Gasteiger partial charge in [0.1, 0.15) is 23.8 Å². The number of likely N-dealkylation sites (tertiary alicyclic amines) is 1. The number of rotatable bonds is 13. The van der Waals surface area contributed by atoms with Crippen molar-refractivity contribution in [1.82, 2.24) is 15.2 Å². The molecule has 0 bridgehead atoms. The Morgan fingerprint density at radius 2 is 1.82 bits per heavy atom. The van der Waals surface area contributed by atoms with Crippen LogP contribution in [0.3, 0.4) is 0 Å². The minimum absolute atomic E-state index is 0.0844. The van der Waals surface area contributed by atoms with Crippen molar-refractivity contribution in [3.05, 3.63) is 107 Å². The maximum atomic E-state index is 13.5. The summed E-state index contributed by atoms with van der Waals surface area (Å²) in [6, 6.07) is 20.1. The quantitative estimate of drug-likeness (QED) is 0.0502. The number of para-hydroxylation sites is 2. The number of β-lactam (4-membered cyclic amide) rings is 1. The smallest absolute Gasteiger partial charge is 0.333 e. The average molecular weight is 651 g/mol. The van der Waals surface area contributed by atoms with Gasteiger partial charge in [0.05, 0.1) is 15.1 Å². The van der Waals surface area contributed by atoms with Gasteiger partial charge in [-0.05, 0) is 65.3 Å². The van der Waals surface area contributed by atoms with E-state index in [2.05, 4.69) is 16.9 Å². The number of carbonyl (C=O) groups excluding carboxylic acids is 3. The molecular formula is C30H26N4O7S3. The highest BCUT2D eigenvalue weighted by Gasteiger charge is 2.54. The zero-order valence-electron chi connectivity index (χ0n) is 23.3. The average Bonchev–Trinajstić information content (AvgIpc) is 3.45. The summed E-state index contributed by atoms with van der Waals surface area (Å²) in [6.07, 6.45) is 0. The third kappa shape index (κ3) is 7.21. The number of hydrogen-bond donors (Lipinski definition) is 1. The summed E-state index contributed by atoms with van der Waals surface area (Å²) in [6.45, 7) is 5.10. The molecule has 14 heteroatoms. The number of nitrogens with zero attached hydrogens (tertiary/aromatic N) is 3. The Morgan fingerprint density at radius 3 is 2.50 bits per heavy atom. The van der Waals surface area contributed by atoms with E-state index in [-0.39, 0.29) is 18.9 Å². The number of amides is 2. The van der Waals surface area contributed by atoms with E-state index in [1.807, 2.05) is 30.3 Å². The molecule has 226 valence electrons. The van der Waals surface area contributed by atoms with E-state index in [0.717, 1.165) is 14.6 Å². The van der Waals surface area contributed by atoms with Gasteiger partial charge < -0.3 is 19.7 Å². The first kappa shape index (κ1) is 31.0. The first-order valence-corrected chi connectivity index (χ1v) is 16.3. The van der Waals surface area contributed by atoms with Crippen molar-refractivity contribution >= 4 is 66.6 Å². The van der Waals surface area contributed by atoms with Gasteiger partial charge in [0.15, 0.2) is 17.0 Å². The standard InChI is InChI=1S/C30H26N4O7S3/c1-18(2)26(29(37)41-16-19-12-14-20(15-13-19)34(38)39)33-27(36)25(32-24(35)17-40-21-8-4-3-5-9-21)28(33)43-44-30-31-22-10-6-7-11-23(22)42-30/h3-15,25-26,28H,1,16-17H2,2H3,(H,32,35)/t25-,26-,28-/m1/s1. The van der Waals surface area contributed by atoms with Crippen LogP contribution in [0.5, 0.6) is 5.75 Å². The van der Waals surface area contributed by atoms with Crippen LogP contribution < -0.4 is 10.1 Å². The van der Waals surface area contributed by atoms with Gasteiger partial charge in [0, 0.05) is 12.1 Å². The molecule has 0 saturated carbocycles. The topological polar surface area (TPSA) is 141 Å². The molecule has 1 aliphatic heterocycles. The number of carbonyl (C=O) groups is 3. The second kappa shape index (κ2) is 13.9. The Morgan fingerprint density at radius 1 is 1.11 bits per heavy atom. The normalized spacial score (nSPS) is 16.6. The van der Waals surface area contributed by atoms with Gasteiger partial charge in [-0.1, -0.05) is 47.7 Å². The van der Waals surface area contributed by atoms with Crippen LogP contribution in [-0.4, -0.2) is 56.7 Å². The van der Waals surface area contributed by atoms with Crippen molar-refractivity contribution < 1.29 is 28.8 Å². The van der Waals surface area contributed by atoms with E-state index >= 15 is 0 Å². The molecule has 0 radical (unpaired) electrons. The summed E-state index contributed by atoms with van der Waals surface area (Å²) in [5.74, 6) is -1.16. The molecular weight excluding hydrogens is 625 g/mol. The van der Waals surface area contributed by atoms with Crippen molar-refractivity contribution in [3.63, 3.8) is 0 Å². The predicted molar refractivity (Wildman–Crippen MR) is 169 cm³/mol. The lowest BCUT2D eigenvalue weighted by molar-refractivity contribution is -0.384. The first-order chi connectivity index (χ1) is 21.2. The molecule has 4 aromatic rings. The second-order valence-corrected chi connectivity index (χ2v) is 13.3. The Balaban J connectivity index is 1.30. The van der Waals surface area contributed by atoms with E-state index in [1.54, 1.807) is 31.2 Å². The third-order valence-corrected chi connectivity index (χ3v) is 10.5. The van der Waals surface area contributed by atoms with Gasteiger partial charge in [-0.25, -0.2) is 9.78 Å². The maximum absolute atomic E-state index is 13.5. The molecule has 1 aliphatic rings. The Hall–Kier alpha value is -4.40. The van der Waals surface area contributed by atoms with Gasteiger partial charge in [-0.15, -0.1) is 11.3 Å². The largest absolute Gasteiger partial charge is 0.484 e. The van der Waals surface area contributed by atoms with Crippen LogP contribution in [0.15, 0.2) is 95.4 Å². The molecule has 0 spiro atoms. The van der Waals surface area contributed by atoms with Crippen LogP contribution in [-0.2, 0) is 25.7 Å². The Labute approximate surface area is 264 Å². The number of nitrogens with one attached hydrogen (secondary N) is 1. The van der Waals surface area contributed by atoms with Gasteiger partial charge in [0.2, 0.25) is 5.91 Å². The number of aromatic nitrogens is 1. The molecule has 2 heterocycles. The maximum Gasteiger partial charge on any atom is 0.333 e. The number of benzene rings is 3. The molecule has 3 atom stereocenters. The van der Waals surface area contributed by atoms with Crippen LogP contribution in [0.1, 0.15) is 12.5 Å². The van der Waals surface area contributed by atoms with E-state index in [0.29, 0.717) is 16.9 Å². The lowest BCUT2D eigenvalue weighted by Crippen LogP contribution is -2.73. The Kier molecular flexibility index (Phi) is 9.82. The number of non-ortho nitro benzene ring substituents is 1. The fourth-order valence-corrected chi connectivity index (χ4v) is 8.31. The molecule has 1 saturated heterocycles. The van der Waals surface area contributed by atoms with Gasteiger partial charge in [-0.3, -0.25) is 19.7 Å². The van der Waals surface area contributed by atoms with Gasteiger partial charge in [-0.2, -0.15) is 0 Å². The molecule has 2 amide bonds. The molecule has 11 nitrogen and oxygen atoms in total. The van der Waals surface area contributed by atoms with Crippen molar-refractivity contribution in [1.29, 1.82) is 0 Å². The zero-order valence-corrected chi connectivity index (χ0v) is 25.7. The molecule has 44 heavy (non-hydrogen) atoms. The summed E-state index contributed by atoms with van der Waals surface area (Å²) < 4.78 is 12.8. The zero-order chi connectivity index (χ0) is 31.2. The Bertz CT molecular complexity index is 1660.